The zero-order chi connectivity index (χ0) is 28.0. The average molecular weight is 558 g/mol. The first-order valence-electron chi connectivity index (χ1n) is 14.0. The van der Waals surface area contributed by atoms with Gasteiger partial charge in [0.05, 0.1) is 53.8 Å². The van der Waals surface area contributed by atoms with E-state index in [1.165, 1.54) is 12.1 Å². The molecule has 7 rings (SSSR count). The van der Waals surface area contributed by atoms with E-state index in [-0.39, 0.29) is 11.7 Å². The maximum absolute atomic E-state index is 13.7. The van der Waals surface area contributed by atoms with Gasteiger partial charge in [-0.15, -0.1) is 0 Å². The van der Waals surface area contributed by atoms with Crippen LogP contribution in [0.1, 0.15) is 28.8 Å². The lowest BCUT2D eigenvalue weighted by Crippen LogP contribution is -2.56. The number of β-amino-alcohol motifs (C(OH)–C–C–N with tert-alkyl or cyclic N) is 1. The Morgan fingerprint density at radius 3 is 2.80 bits per heavy atom. The molecule has 3 N–H and O–H groups in total. The summed E-state index contributed by atoms with van der Waals surface area (Å²) in [5, 5.41) is 17.6. The Balaban J connectivity index is 1.10. The van der Waals surface area contributed by atoms with E-state index in [0.29, 0.717) is 55.6 Å². The number of nitrogens with one attached hydrogen (secondary N) is 2. The van der Waals surface area contributed by atoms with Gasteiger partial charge in [-0.2, -0.15) is 0 Å². The number of rotatable bonds is 6. The Labute approximate surface area is 236 Å². The molecule has 2 fully saturated rings. The molecule has 0 saturated carbocycles. The van der Waals surface area contributed by atoms with Gasteiger partial charge in [0.1, 0.15) is 17.3 Å². The van der Waals surface area contributed by atoms with Crippen molar-refractivity contribution in [1.82, 2.24) is 24.6 Å². The van der Waals surface area contributed by atoms with Gasteiger partial charge in [0, 0.05) is 57.1 Å². The van der Waals surface area contributed by atoms with Gasteiger partial charge >= 0.3 is 0 Å². The number of morpholine rings is 1. The van der Waals surface area contributed by atoms with Crippen LogP contribution >= 0.6 is 0 Å². The average Bonchev–Trinajstić information content (AvgIpc) is 3.57. The van der Waals surface area contributed by atoms with E-state index in [0.717, 1.165) is 55.0 Å². The van der Waals surface area contributed by atoms with Gasteiger partial charge in [0.2, 0.25) is 0 Å². The van der Waals surface area contributed by atoms with Crippen molar-refractivity contribution in [3.8, 4) is 11.3 Å². The number of benzene rings is 1. The van der Waals surface area contributed by atoms with Gasteiger partial charge in [0.25, 0.3) is 5.91 Å². The molecule has 1 atom stereocenters. The lowest BCUT2D eigenvalue weighted by Gasteiger charge is -2.43. The van der Waals surface area contributed by atoms with E-state index in [1.54, 1.807) is 12.4 Å². The topological polar surface area (TPSA) is 107 Å². The van der Waals surface area contributed by atoms with Gasteiger partial charge in [-0.25, -0.2) is 14.4 Å². The number of carbonyl (C=O) groups excluding carboxylic acids is 1. The summed E-state index contributed by atoms with van der Waals surface area (Å²) >= 11 is 0. The zero-order valence-corrected chi connectivity index (χ0v) is 22.6. The molecule has 3 aliphatic rings. The monoisotopic (exact) mass is 557 g/mol. The molecule has 0 spiro atoms. The number of aliphatic hydroxyl groups is 1. The number of hydrogen-bond donors (Lipinski definition) is 3. The number of ether oxygens (including phenoxy) is 1. The molecule has 212 valence electrons. The van der Waals surface area contributed by atoms with Crippen molar-refractivity contribution < 1.29 is 19.0 Å². The molecule has 2 saturated heterocycles. The number of aromatic nitrogens is 3. The van der Waals surface area contributed by atoms with Crippen molar-refractivity contribution in [3.05, 3.63) is 71.9 Å². The van der Waals surface area contributed by atoms with Crippen LogP contribution in [-0.4, -0.2) is 81.8 Å². The third-order valence-electron chi connectivity index (χ3n) is 8.27. The summed E-state index contributed by atoms with van der Waals surface area (Å²) in [6, 6.07) is 10.5. The van der Waals surface area contributed by atoms with Crippen molar-refractivity contribution in [2.45, 2.75) is 25.0 Å². The lowest BCUT2D eigenvalue weighted by atomic mass is 9.91. The highest BCUT2D eigenvalue weighted by Gasteiger charge is 2.35. The van der Waals surface area contributed by atoms with Crippen LogP contribution in [0.4, 0.5) is 21.6 Å². The van der Waals surface area contributed by atoms with Gasteiger partial charge in [0.15, 0.2) is 0 Å². The molecule has 3 aromatic heterocycles. The second-order valence-corrected chi connectivity index (χ2v) is 11.1. The van der Waals surface area contributed by atoms with Crippen LogP contribution in [0.15, 0.2) is 55.0 Å². The molecule has 11 heteroatoms. The first-order chi connectivity index (χ1) is 20.0. The van der Waals surface area contributed by atoms with E-state index < -0.39 is 5.60 Å². The molecule has 10 nitrogen and oxygen atoms in total. The third kappa shape index (κ3) is 5.01. The van der Waals surface area contributed by atoms with E-state index in [9.17, 15) is 14.3 Å². The van der Waals surface area contributed by atoms with E-state index in [2.05, 4.69) is 30.4 Å². The molecular weight excluding hydrogens is 525 g/mol. The number of carbonyl (C=O) groups is 1. The van der Waals surface area contributed by atoms with Crippen LogP contribution < -0.4 is 15.5 Å². The summed E-state index contributed by atoms with van der Waals surface area (Å²) in [6.45, 7) is 5.60. The Morgan fingerprint density at radius 1 is 1.10 bits per heavy atom. The van der Waals surface area contributed by atoms with E-state index in [1.807, 2.05) is 34.9 Å². The summed E-state index contributed by atoms with van der Waals surface area (Å²) in [6.07, 6.45) is 6.85. The van der Waals surface area contributed by atoms with Crippen LogP contribution in [0.2, 0.25) is 0 Å². The Kier molecular flexibility index (Phi) is 6.57. The normalized spacial score (nSPS) is 21.2. The second kappa shape index (κ2) is 10.4. The number of amides is 1. The Morgan fingerprint density at radius 2 is 1.98 bits per heavy atom. The van der Waals surface area contributed by atoms with Crippen LogP contribution in [0.25, 0.3) is 16.9 Å². The lowest BCUT2D eigenvalue weighted by molar-refractivity contribution is -0.0382. The molecule has 0 bridgehead atoms. The summed E-state index contributed by atoms with van der Waals surface area (Å²) in [7, 11) is 0. The fraction of sp³-hybridized carbons (Fsp3) is 0.367. The number of pyridine rings is 2. The van der Waals surface area contributed by atoms with Gasteiger partial charge in [-0.05, 0) is 42.7 Å². The van der Waals surface area contributed by atoms with Gasteiger partial charge in [-0.1, -0.05) is 6.07 Å². The number of piperidine rings is 1. The molecule has 1 amide bonds. The highest BCUT2D eigenvalue weighted by molar-refractivity contribution is 6.06. The predicted octanol–water partition coefficient (Wildman–Crippen LogP) is 3.19. The molecule has 0 aliphatic carbocycles. The molecular formula is C30H32FN7O3. The molecule has 0 unspecified atom stereocenters. The zero-order valence-electron chi connectivity index (χ0n) is 22.6. The number of fused-ring (bicyclic) bond motifs is 2. The van der Waals surface area contributed by atoms with Crippen molar-refractivity contribution in [3.63, 3.8) is 0 Å². The highest BCUT2D eigenvalue weighted by atomic mass is 19.1. The van der Waals surface area contributed by atoms with Gasteiger partial charge in [-0.3, -0.25) is 14.1 Å². The maximum Gasteiger partial charge on any atom is 0.254 e. The number of nitrogens with zero attached hydrogens (tertiary/aromatic N) is 5. The molecule has 41 heavy (non-hydrogen) atoms. The first kappa shape index (κ1) is 25.9. The predicted molar refractivity (Wildman–Crippen MR) is 153 cm³/mol. The standard InChI is InChI=1S/C30H32FN7O3/c31-20-6-9-38-25(17-33-27(38)14-20)22-3-4-24(28-23(22)16-34-29(28)39)35-26-5-2-21(15-32-26)37-8-1-7-30(40,19-37)18-36-10-12-41-13-11-36/h2-6,9,14-15,17,40H,1,7-8,10-13,16,18-19H2,(H,32,35)(H,34,39)/t30-/m0/s1. The SMILES string of the molecule is O=C1NCc2c(-c3cnc4cc(F)ccn34)ccc(Nc3ccc(N4CCC[C@](O)(CN5CCOCC5)C4)cn3)c21. The highest BCUT2D eigenvalue weighted by Crippen LogP contribution is 2.36. The molecule has 1 aromatic carbocycles. The van der Waals surface area contributed by atoms with Gasteiger partial charge < -0.3 is 25.4 Å². The van der Waals surface area contributed by atoms with Crippen molar-refractivity contribution in [2.24, 2.45) is 0 Å². The van der Waals surface area contributed by atoms with Crippen LogP contribution in [0.5, 0.6) is 0 Å². The van der Waals surface area contributed by atoms with E-state index >= 15 is 0 Å². The maximum atomic E-state index is 13.7. The van der Waals surface area contributed by atoms with Crippen LogP contribution in [0.3, 0.4) is 0 Å². The minimum atomic E-state index is -0.767. The number of hydrogen-bond acceptors (Lipinski definition) is 8. The summed E-state index contributed by atoms with van der Waals surface area (Å²) in [4.78, 5) is 26.4. The minimum Gasteiger partial charge on any atom is -0.387 e. The first-order valence-corrected chi connectivity index (χ1v) is 14.0. The van der Waals surface area contributed by atoms with Crippen LogP contribution in [0, 0.1) is 5.82 Å². The number of imidazole rings is 1. The van der Waals surface area contributed by atoms with Crippen molar-refractivity contribution in [1.29, 1.82) is 0 Å². The van der Waals surface area contributed by atoms with E-state index in [4.69, 9.17) is 4.74 Å². The number of anilines is 3. The largest absolute Gasteiger partial charge is 0.387 e. The molecule has 0 radical (unpaired) electrons. The molecule has 3 aliphatic heterocycles. The quantitative estimate of drug-likeness (QED) is 0.332. The van der Waals surface area contributed by atoms with Crippen molar-refractivity contribution in [2.75, 3.05) is 56.2 Å². The summed E-state index contributed by atoms with van der Waals surface area (Å²) in [5.74, 6) is 0.113. The summed E-state index contributed by atoms with van der Waals surface area (Å²) < 4.78 is 21.0. The summed E-state index contributed by atoms with van der Waals surface area (Å²) in [5.41, 5.74) is 4.43. The fourth-order valence-electron chi connectivity index (χ4n) is 6.27. The molecule has 4 aromatic rings. The fourth-order valence-corrected chi connectivity index (χ4v) is 6.27. The van der Waals surface area contributed by atoms with Crippen LogP contribution in [-0.2, 0) is 11.3 Å². The Hall–Kier alpha value is -4.06. The second-order valence-electron chi connectivity index (χ2n) is 11.1. The van der Waals surface area contributed by atoms with Crippen molar-refractivity contribution >= 4 is 28.7 Å². The smallest absolute Gasteiger partial charge is 0.254 e. The third-order valence-corrected chi connectivity index (χ3v) is 8.27. The molecule has 6 heterocycles. The number of halogens is 1. The minimum absolute atomic E-state index is 0.159. The Bertz CT molecular complexity index is 1600.